The summed E-state index contributed by atoms with van der Waals surface area (Å²) >= 11 is 1.53. The van der Waals surface area contributed by atoms with Crippen molar-refractivity contribution < 1.29 is 9.66 Å². The van der Waals surface area contributed by atoms with Crippen LogP contribution in [0.3, 0.4) is 0 Å². The fourth-order valence-corrected chi connectivity index (χ4v) is 3.51. The van der Waals surface area contributed by atoms with Gasteiger partial charge in [0.2, 0.25) is 0 Å². The summed E-state index contributed by atoms with van der Waals surface area (Å²) in [6.07, 6.45) is 0. The third-order valence-corrected chi connectivity index (χ3v) is 5.12. The minimum Gasteiger partial charge on any atom is -0.378 e. The van der Waals surface area contributed by atoms with Crippen LogP contribution >= 0.6 is 11.3 Å². The number of morpholine rings is 1. The highest BCUT2D eigenvalue weighted by atomic mass is 32.1. The molecule has 2 aromatic rings. The predicted molar refractivity (Wildman–Crippen MR) is 88.0 cm³/mol. The van der Waals surface area contributed by atoms with Crippen LogP contribution in [0.15, 0.2) is 12.1 Å². The highest BCUT2D eigenvalue weighted by molar-refractivity contribution is 7.18. The first kappa shape index (κ1) is 15.2. The lowest BCUT2D eigenvalue weighted by molar-refractivity contribution is -0.384. The second-order valence-electron chi connectivity index (χ2n) is 6.43. The summed E-state index contributed by atoms with van der Waals surface area (Å²) in [4.78, 5) is 17.8. The predicted octanol–water partition coefficient (Wildman–Crippen LogP) is 3.34. The number of fused-ring (bicyclic) bond motifs is 1. The molecule has 6 nitrogen and oxygen atoms in total. The Balaban J connectivity index is 2.13. The molecule has 0 atom stereocenters. The Morgan fingerprint density at radius 3 is 2.59 bits per heavy atom. The molecule has 0 saturated carbocycles. The zero-order valence-corrected chi connectivity index (χ0v) is 13.8. The van der Waals surface area contributed by atoms with Gasteiger partial charge in [-0.1, -0.05) is 20.8 Å². The molecule has 0 radical (unpaired) electrons. The van der Waals surface area contributed by atoms with Crippen LogP contribution in [0.5, 0.6) is 0 Å². The molecule has 1 fully saturated rings. The molecule has 118 valence electrons. The number of hydrogen-bond acceptors (Lipinski definition) is 6. The zero-order valence-electron chi connectivity index (χ0n) is 13.0. The third-order valence-electron chi connectivity index (χ3n) is 3.67. The van der Waals surface area contributed by atoms with Crippen molar-refractivity contribution in [2.75, 3.05) is 31.2 Å². The molecule has 1 aliphatic heterocycles. The number of nitrogens with zero attached hydrogens (tertiary/aromatic N) is 3. The van der Waals surface area contributed by atoms with E-state index in [1.54, 1.807) is 6.07 Å². The molecule has 0 unspecified atom stereocenters. The summed E-state index contributed by atoms with van der Waals surface area (Å²) in [5, 5.41) is 12.4. The van der Waals surface area contributed by atoms with Crippen molar-refractivity contribution >= 4 is 32.9 Å². The molecular weight excluding hydrogens is 302 g/mol. The molecule has 0 bridgehead atoms. The number of nitro benzene ring substituents is 1. The van der Waals surface area contributed by atoms with E-state index in [-0.39, 0.29) is 16.0 Å². The minimum atomic E-state index is -0.305. The summed E-state index contributed by atoms with van der Waals surface area (Å²) in [7, 11) is 0. The molecule has 0 spiro atoms. The van der Waals surface area contributed by atoms with E-state index in [0.717, 1.165) is 15.2 Å². The third kappa shape index (κ3) is 2.78. The number of benzene rings is 1. The van der Waals surface area contributed by atoms with Gasteiger partial charge in [-0.05, 0) is 6.07 Å². The molecule has 2 heterocycles. The van der Waals surface area contributed by atoms with Crippen molar-refractivity contribution in [1.82, 2.24) is 4.98 Å². The molecule has 3 rings (SSSR count). The maximum absolute atomic E-state index is 11.4. The van der Waals surface area contributed by atoms with Gasteiger partial charge in [0.25, 0.3) is 5.69 Å². The van der Waals surface area contributed by atoms with Gasteiger partial charge in [-0.3, -0.25) is 10.1 Å². The van der Waals surface area contributed by atoms with Crippen molar-refractivity contribution in [3.05, 3.63) is 27.3 Å². The molecule has 1 aliphatic rings. The van der Waals surface area contributed by atoms with Gasteiger partial charge >= 0.3 is 0 Å². The van der Waals surface area contributed by atoms with Crippen LogP contribution in [-0.2, 0) is 10.2 Å². The van der Waals surface area contributed by atoms with Crippen molar-refractivity contribution in [3.63, 3.8) is 0 Å². The summed E-state index contributed by atoms with van der Waals surface area (Å²) in [5.74, 6) is 0. The van der Waals surface area contributed by atoms with E-state index >= 15 is 0 Å². The standard InChI is InChI=1S/C15H19N3O3S/c1-15(2,3)14-16-10-8-11(17-4-6-21-7-5-17)12(18(19)20)9-13(10)22-14/h8-9H,4-7H2,1-3H3. The van der Waals surface area contributed by atoms with E-state index in [0.29, 0.717) is 32.0 Å². The van der Waals surface area contributed by atoms with E-state index < -0.39 is 0 Å². The monoisotopic (exact) mass is 321 g/mol. The Morgan fingerprint density at radius 1 is 1.32 bits per heavy atom. The van der Waals surface area contributed by atoms with Crippen molar-refractivity contribution in [3.8, 4) is 0 Å². The summed E-state index contributed by atoms with van der Waals surface area (Å²) in [5.41, 5.74) is 1.57. The molecule has 1 saturated heterocycles. The van der Waals surface area contributed by atoms with Crippen LogP contribution < -0.4 is 4.90 Å². The number of thiazole rings is 1. The molecule has 0 N–H and O–H groups in total. The van der Waals surface area contributed by atoms with Gasteiger partial charge in [0.15, 0.2) is 0 Å². The Bertz CT molecular complexity index is 715. The van der Waals surface area contributed by atoms with Crippen molar-refractivity contribution in [1.29, 1.82) is 0 Å². The van der Waals surface area contributed by atoms with Crippen molar-refractivity contribution in [2.45, 2.75) is 26.2 Å². The number of rotatable bonds is 2. The van der Waals surface area contributed by atoms with Crippen LogP contribution in [0.1, 0.15) is 25.8 Å². The maximum Gasteiger partial charge on any atom is 0.294 e. The van der Waals surface area contributed by atoms with E-state index in [1.165, 1.54) is 11.3 Å². The molecule has 0 aliphatic carbocycles. The number of hydrogen-bond donors (Lipinski definition) is 0. The zero-order chi connectivity index (χ0) is 15.9. The smallest absolute Gasteiger partial charge is 0.294 e. The first-order valence-corrected chi connectivity index (χ1v) is 8.10. The average molecular weight is 321 g/mol. The van der Waals surface area contributed by atoms with E-state index in [2.05, 4.69) is 25.8 Å². The molecule has 7 heteroatoms. The minimum absolute atomic E-state index is 0.0579. The van der Waals surface area contributed by atoms with Gasteiger partial charge in [-0.15, -0.1) is 11.3 Å². The van der Waals surface area contributed by atoms with Gasteiger partial charge in [-0.2, -0.15) is 0 Å². The van der Waals surface area contributed by atoms with Gasteiger partial charge in [0, 0.05) is 24.6 Å². The number of anilines is 1. The lowest BCUT2D eigenvalue weighted by atomic mass is 9.98. The van der Waals surface area contributed by atoms with E-state index in [4.69, 9.17) is 4.74 Å². The largest absolute Gasteiger partial charge is 0.378 e. The second kappa shape index (κ2) is 5.48. The average Bonchev–Trinajstić information content (AvgIpc) is 2.90. The summed E-state index contributed by atoms with van der Waals surface area (Å²) < 4.78 is 6.20. The highest BCUT2D eigenvalue weighted by Gasteiger charge is 2.25. The summed E-state index contributed by atoms with van der Waals surface area (Å²) in [6.45, 7) is 8.83. The second-order valence-corrected chi connectivity index (χ2v) is 7.46. The van der Waals surface area contributed by atoms with Crippen LogP contribution in [0, 0.1) is 10.1 Å². The fourth-order valence-electron chi connectivity index (χ4n) is 2.48. The molecule has 1 aromatic heterocycles. The number of nitro groups is 1. The molecule has 0 amide bonds. The topological polar surface area (TPSA) is 68.5 Å². The van der Waals surface area contributed by atoms with Crippen molar-refractivity contribution in [2.24, 2.45) is 0 Å². The van der Waals surface area contributed by atoms with E-state index in [9.17, 15) is 10.1 Å². The Hall–Kier alpha value is -1.73. The normalized spacial score (nSPS) is 16.2. The van der Waals surface area contributed by atoms with Gasteiger partial charge < -0.3 is 9.64 Å². The van der Waals surface area contributed by atoms with Crippen LogP contribution in [0.25, 0.3) is 10.2 Å². The lowest BCUT2D eigenvalue weighted by Gasteiger charge is -2.28. The van der Waals surface area contributed by atoms with Crippen LogP contribution in [0.2, 0.25) is 0 Å². The molecular formula is C15H19N3O3S. The lowest BCUT2D eigenvalue weighted by Crippen LogP contribution is -2.36. The summed E-state index contributed by atoms with van der Waals surface area (Å²) in [6, 6.07) is 3.51. The first-order valence-electron chi connectivity index (χ1n) is 7.28. The van der Waals surface area contributed by atoms with Gasteiger partial charge in [0.1, 0.15) is 5.69 Å². The molecule has 22 heavy (non-hydrogen) atoms. The Kier molecular flexibility index (Phi) is 3.78. The number of ether oxygens (including phenoxy) is 1. The molecule has 1 aromatic carbocycles. The van der Waals surface area contributed by atoms with Gasteiger partial charge in [0.05, 0.1) is 33.4 Å². The maximum atomic E-state index is 11.4. The SMILES string of the molecule is CC(C)(C)c1nc2cc(N3CCOCC3)c([N+](=O)[O-])cc2s1. The quantitative estimate of drug-likeness (QED) is 0.627. The van der Waals surface area contributed by atoms with E-state index in [1.807, 2.05) is 11.0 Å². The van der Waals surface area contributed by atoms with Crippen LogP contribution in [0.4, 0.5) is 11.4 Å². The highest BCUT2D eigenvalue weighted by Crippen LogP contribution is 2.38. The Labute approximate surface area is 132 Å². The first-order chi connectivity index (χ1) is 10.4. The Morgan fingerprint density at radius 2 is 2.00 bits per heavy atom. The fraction of sp³-hybridized carbons (Fsp3) is 0.533. The van der Waals surface area contributed by atoms with Crippen LogP contribution in [-0.4, -0.2) is 36.2 Å². The number of aromatic nitrogens is 1. The van der Waals surface area contributed by atoms with Gasteiger partial charge in [-0.25, -0.2) is 4.98 Å².